The molecule has 0 radical (unpaired) electrons. The number of thiol groups is 1. The highest BCUT2D eigenvalue weighted by Gasteiger charge is 2.57. The molecule has 2 unspecified atom stereocenters. The Kier molecular flexibility index (Phi) is 5.86. The second kappa shape index (κ2) is 8.32. The Morgan fingerprint density at radius 3 is 2.21 bits per heavy atom. The number of amides is 2. The van der Waals surface area contributed by atoms with Gasteiger partial charge < -0.3 is 10.2 Å². The number of rotatable bonds is 5. The van der Waals surface area contributed by atoms with E-state index >= 15 is 0 Å². The molecule has 4 saturated carbocycles. The van der Waals surface area contributed by atoms with E-state index in [2.05, 4.69) is 57.8 Å². The lowest BCUT2D eigenvalue weighted by molar-refractivity contribution is -0.120. The first-order chi connectivity index (χ1) is 15.7. The lowest BCUT2D eigenvalue weighted by Gasteiger charge is -2.57. The van der Waals surface area contributed by atoms with Crippen molar-refractivity contribution in [3.8, 4) is 0 Å². The average Bonchev–Trinajstić information content (AvgIpc) is 3.10. The van der Waals surface area contributed by atoms with Crippen LogP contribution in [0, 0.1) is 38.5 Å². The van der Waals surface area contributed by atoms with Crippen molar-refractivity contribution in [2.75, 3.05) is 6.54 Å². The second-order valence-corrected chi connectivity index (χ2v) is 12.3. The molecule has 1 saturated heterocycles. The fourth-order valence-corrected chi connectivity index (χ4v) is 9.02. The number of carbonyl (C=O) groups is 2. The van der Waals surface area contributed by atoms with Gasteiger partial charge >= 0.3 is 6.03 Å². The van der Waals surface area contributed by atoms with Gasteiger partial charge in [-0.15, -0.1) is 12.6 Å². The third-order valence-corrected chi connectivity index (χ3v) is 9.97. The van der Waals surface area contributed by atoms with Crippen LogP contribution in [0.5, 0.6) is 0 Å². The molecule has 5 heteroatoms. The number of hydrogen-bond acceptors (Lipinski definition) is 2. The number of urea groups is 1. The van der Waals surface area contributed by atoms with Gasteiger partial charge in [0.2, 0.25) is 5.12 Å². The maximum absolute atomic E-state index is 13.9. The third-order valence-electron chi connectivity index (χ3n) is 9.58. The van der Waals surface area contributed by atoms with Crippen LogP contribution in [0.1, 0.15) is 92.9 Å². The Morgan fingerprint density at radius 2 is 1.67 bits per heavy atom. The van der Waals surface area contributed by atoms with Crippen molar-refractivity contribution in [2.24, 2.45) is 17.8 Å². The van der Waals surface area contributed by atoms with E-state index in [-0.39, 0.29) is 22.6 Å². The van der Waals surface area contributed by atoms with Crippen LogP contribution < -0.4 is 5.32 Å². The van der Waals surface area contributed by atoms with E-state index in [9.17, 15) is 9.59 Å². The van der Waals surface area contributed by atoms with Crippen molar-refractivity contribution >= 4 is 23.8 Å². The largest absolute Gasteiger partial charge is 0.333 e. The number of nitrogens with zero attached hydrogens (tertiary/aromatic N) is 1. The molecule has 6 rings (SSSR count). The van der Waals surface area contributed by atoms with Gasteiger partial charge in [-0.3, -0.25) is 4.79 Å². The molecule has 2 amide bonds. The predicted octanol–water partition coefficient (Wildman–Crippen LogP) is 6.07. The monoisotopic (exact) mass is 468 g/mol. The van der Waals surface area contributed by atoms with E-state index in [1.54, 1.807) is 0 Å². The number of benzene rings is 1. The number of likely N-dealkylation sites (tertiary alicyclic amines) is 1. The summed E-state index contributed by atoms with van der Waals surface area (Å²) >= 11 is 4.46. The van der Waals surface area contributed by atoms with Crippen LogP contribution in [0.15, 0.2) is 12.1 Å². The second-order valence-electron chi connectivity index (χ2n) is 11.9. The summed E-state index contributed by atoms with van der Waals surface area (Å²) in [5.74, 6) is 2.30. The van der Waals surface area contributed by atoms with Crippen LogP contribution in [-0.2, 0) is 4.79 Å². The number of nitrogens with one attached hydrogen (secondary N) is 1. The van der Waals surface area contributed by atoms with Crippen molar-refractivity contribution in [3.63, 3.8) is 0 Å². The zero-order valence-corrected chi connectivity index (χ0v) is 21.6. The highest BCUT2D eigenvalue weighted by atomic mass is 32.1. The molecule has 33 heavy (non-hydrogen) atoms. The average molecular weight is 469 g/mol. The Morgan fingerprint density at radius 1 is 1.06 bits per heavy atom. The highest BCUT2D eigenvalue weighted by molar-refractivity contribution is 7.96. The zero-order chi connectivity index (χ0) is 23.5. The van der Waals surface area contributed by atoms with Crippen LogP contribution in [0.4, 0.5) is 4.79 Å². The molecule has 1 aliphatic heterocycles. The fraction of sp³-hybridized carbons (Fsp3) is 0.714. The molecule has 2 atom stereocenters. The van der Waals surface area contributed by atoms with Gasteiger partial charge in [0.1, 0.15) is 5.54 Å². The maximum Gasteiger partial charge on any atom is 0.318 e. The van der Waals surface area contributed by atoms with E-state index in [1.807, 2.05) is 4.90 Å². The molecule has 1 heterocycles. The van der Waals surface area contributed by atoms with Gasteiger partial charge in [-0.2, -0.15) is 0 Å². The van der Waals surface area contributed by atoms with Gasteiger partial charge in [0.25, 0.3) is 0 Å². The molecule has 180 valence electrons. The molecule has 0 spiro atoms. The van der Waals surface area contributed by atoms with Crippen molar-refractivity contribution in [1.82, 2.24) is 10.2 Å². The van der Waals surface area contributed by atoms with Crippen LogP contribution in [0.25, 0.3) is 0 Å². The lowest BCUT2D eigenvalue weighted by atomic mass is 9.53. The molecule has 1 N–H and O–H groups in total. The topological polar surface area (TPSA) is 49.4 Å². The standard InChI is InChI=1S/C28H40N2O2S/c1-5-7-28(25(31)33)24(23-10-17(2)9-18(3)19(23)4)6-8-30(28)26(32)29-27-14-20-11-21(15-27)13-22(12-20)16-27/h9-10,20-22,24H,5-8,11-16H2,1-4H3,(H,29,32)(H,31,33). The van der Waals surface area contributed by atoms with Gasteiger partial charge in [0.05, 0.1) is 0 Å². The van der Waals surface area contributed by atoms with Crippen LogP contribution in [0.2, 0.25) is 0 Å². The van der Waals surface area contributed by atoms with Crippen LogP contribution in [-0.4, -0.2) is 33.7 Å². The van der Waals surface area contributed by atoms with Crippen molar-refractivity contribution in [1.29, 1.82) is 0 Å². The molecule has 1 aromatic rings. The number of carbonyl (C=O) groups excluding carboxylic acids is 2. The Balaban J connectivity index is 1.48. The minimum Gasteiger partial charge on any atom is -0.333 e. The molecule has 4 nitrogen and oxygen atoms in total. The normalized spacial score (nSPS) is 36.9. The van der Waals surface area contributed by atoms with E-state index in [0.717, 1.165) is 49.9 Å². The van der Waals surface area contributed by atoms with E-state index in [0.29, 0.717) is 13.0 Å². The van der Waals surface area contributed by atoms with Gasteiger partial charge in [0.15, 0.2) is 0 Å². The molecular weight excluding hydrogens is 428 g/mol. The first-order valence-electron chi connectivity index (χ1n) is 13.1. The molecular formula is C28H40N2O2S. The Labute approximate surface area is 204 Å². The minimum atomic E-state index is -0.880. The smallest absolute Gasteiger partial charge is 0.318 e. The van der Waals surface area contributed by atoms with E-state index in [4.69, 9.17) is 0 Å². The summed E-state index contributed by atoms with van der Waals surface area (Å²) in [7, 11) is 0. The lowest BCUT2D eigenvalue weighted by Crippen LogP contribution is -2.65. The van der Waals surface area contributed by atoms with Crippen LogP contribution >= 0.6 is 12.6 Å². The molecule has 4 aliphatic carbocycles. The molecule has 0 aromatic heterocycles. The molecule has 4 bridgehead atoms. The van der Waals surface area contributed by atoms with Gasteiger partial charge in [-0.1, -0.05) is 31.0 Å². The summed E-state index contributed by atoms with van der Waals surface area (Å²) in [5, 5.41) is 3.38. The third kappa shape index (κ3) is 3.73. The van der Waals surface area contributed by atoms with Crippen molar-refractivity contribution < 1.29 is 9.59 Å². The summed E-state index contributed by atoms with van der Waals surface area (Å²) in [4.78, 5) is 29.2. The zero-order valence-electron chi connectivity index (χ0n) is 20.7. The molecule has 5 aliphatic rings. The quantitative estimate of drug-likeness (QED) is 0.515. The van der Waals surface area contributed by atoms with Crippen molar-refractivity contribution in [2.45, 2.75) is 102 Å². The maximum atomic E-state index is 13.9. The first kappa shape index (κ1) is 23.3. The predicted molar refractivity (Wildman–Crippen MR) is 136 cm³/mol. The summed E-state index contributed by atoms with van der Waals surface area (Å²) in [6.07, 6.45) is 9.71. The van der Waals surface area contributed by atoms with Gasteiger partial charge in [-0.05, 0) is 107 Å². The van der Waals surface area contributed by atoms with E-state index in [1.165, 1.54) is 41.5 Å². The highest BCUT2D eigenvalue weighted by Crippen LogP contribution is 2.56. The van der Waals surface area contributed by atoms with Gasteiger partial charge in [-0.25, -0.2) is 4.79 Å². The van der Waals surface area contributed by atoms with Crippen LogP contribution in [0.3, 0.4) is 0 Å². The Hall–Kier alpha value is -1.49. The number of hydrogen-bond donors (Lipinski definition) is 2. The summed E-state index contributed by atoms with van der Waals surface area (Å²) < 4.78 is 0. The summed E-state index contributed by atoms with van der Waals surface area (Å²) in [6.45, 7) is 9.13. The number of aryl methyl sites for hydroxylation is 2. The molecule has 1 aromatic carbocycles. The van der Waals surface area contributed by atoms with Crippen molar-refractivity contribution in [3.05, 3.63) is 34.4 Å². The summed E-state index contributed by atoms with van der Waals surface area (Å²) in [6, 6.07) is 4.40. The molecule has 5 fully saturated rings. The SMILES string of the molecule is CCCC1(C(=O)S)C(c2cc(C)cc(C)c2C)CCN1C(=O)NC12CC3CC(CC(C3)C1)C2. The first-order valence-corrected chi connectivity index (χ1v) is 13.5. The van der Waals surface area contributed by atoms with E-state index < -0.39 is 5.54 Å². The Bertz CT molecular complexity index is 938. The summed E-state index contributed by atoms with van der Waals surface area (Å²) in [5.41, 5.74) is 3.98. The van der Waals surface area contributed by atoms with Gasteiger partial charge in [0, 0.05) is 18.0 Å². The fourth-order valence-electron chi connectivity index (χ4n) is 8.63. The minimum absolute atomic E-state index is 0.0110.